The molecule has 0 spiro atoms. The number of nitrogens with one attached hydrogen (secondary N) is 1. The number of hydrogen-bond acceptors (Lipinski definition) is 10. The van der Waals surface area contributed by atoms with Gasteiger partial charge in [0, 0.05) is 6.54 Å². The quantitative estimate of drug-likeness (QED) is 0.159. The Bertz CT molecular complexity index is 1530. The number of halogens is 1. The van der Waals surface area contributed by atoms with Crippen LogP contribution < -0.4 is 11.1 Å². The number of carbonyl (C=O) groups excluding carboxylic acids is 1. The van der Waals surface area contributed by atoms with Crippen molar-refractivity contribution in [2.75, 3.05) is 12.3 Å². The summed E-state index contributed by atoms with van der Waals surface area (Å²) in [4.78, 5) is 24.8. The number of benzene rings is 2. The molecule has 4 aromatic rings. The number of phenols is 2. The number of nitrogens with two attached hydrogens (primary N) is 1. The molecule has 1 aliphatic rings. The van der Waals surface area contributed by atoms with E-state index >= 15 is 0 Å². The van der Waals surface area contributed by atoms with Gasteiger partial charge in [-0.25, -0.2) is 19.3 Å². The van der Waals surface area contributed by atoms with Crippen molar-refractivity contribution in [3.05, 3.63) is 72.6 Å². The minimum Gasteiger partial charge on any atom is -0.504 e. The van der Waals surface area contributed by atoms with Crippen molar-refractivity contribution in [2.45, 2.75) is 24.5 Å². The third kappa shape index (κ3) is 4.61. The Kier molecular flexibility index (Phi) is 6.63. The lowest BCUT2D eigenvalue weighted by atomic mass is 10.0. The Hall–Kier alpha value is -4.59. The Labute approximate surface area is 214 Å². The van der Waals surface area contributed by atoms with Gasteiger partial charge in [-0.15, -0.1) is 0 Å². The van der Waals surface area contributed by atoms with E-state index in [4.69, 9.17) is 10.5 Å². The second-order valence-corrected chi connectivity index (χ2v) is 8.59. The third-order valence-electron chi connectivity index (χ3n) is 6.15. The molecule has 2 aromatic heterocycles. The molecule has 1 amide bonds. The summed E-state index contributed by atoms with van der Waals surface area (Å²) in [5.74, 6) is -2.06. The summed E-state index contributed by atoms with van der Waals surface area (Å²) in [6, 6.07) is 8.08. The smallest absolute Gasteiger partial charge is 0.255 e. The van der Waals surface area contributed by atoms with Crippen LogP contribution >= 0.6 is 0 Å². The zero-order chi connectivity index (χ0) is 27.0. The van der Waals surface area contributed by atoms with Crippen LogP contribution in [0.3, 0.4) is 0 Å². The number of aromatic nitrogens is 4. The van der Waals surface area contributed by atoms with E-state index in [0.717, 1.165) is 0 Å². The number of nitrogens with zero attached hydrogens (tertiary/aromatic N) is 4. The second kappa shape index (κ2) is 10.0. The highest BCUT2D eigenvalue weighted by molar-refractivity contribution is 5.99. The first-order valence-electron chi connectivity index (χ1n) is 11.5. The van der Waals surface area contributed by atoms with Crippen LogP contribution in [0, 0.1) is 5.82 Å². The number of amides is 1. The van der Waals surface area contributed by atoms with Crippen LogP contribution in [0.15, 0.2) is 61.2 Å². The molecule has 1 saturated heterocycles. The van der Waals surface area contributed by atoms with Gasteiger partial charge >= 0.3 is 0 Å². The Morgan fingerprint density at radius 2 is 1.87 bits per heavy atom. The fourth-order valence-electron chi connectivity index (χ4n) is 4.18. The highest BCUT2D eigenvalue weighted by Gasteiger charge is 2.43. The van der Waals surface area contributed by atoms with E-state index < -0.39 is 47.8 Å². The summed E-state index contributed by atoms with van der Waals surface area (Å²) >= 11 is 0. The van der Waals surface area contributed by atoms with Crippen molar-refractivity contribution < 1.29 is 34.3 Å². The molecule has 3 heterocycles. The molecule has 4 atom stereocenters. The van der Waals surface area contributed by atoms with Crippen molar-refractivity contribution in [2.24, 2.45) is 0 Å². The molecule has 196 valence electrons. The molecule has 1 aliphatic heterocycles. The zero-order valence-corrected chi connectivity index (χ0v) is 19.6. The van der Waals surface area contributed by atoms with Gasteiger partial charge in [0.25, 0.3) is 5.91 Å². The number of nitrogen functional groups attached to an aromatic ring is 1. The molecule has 13 heteroatoms. The number of aromatic hydroxyl groups is 2. The van der Waals surface area contributed by atoms with Crippen LogP contribution in [0.4, 0.5) is 10.2 Å². The van der Waals surface area contributed by atoms with E-state index in [-0.39, 0.29) is 17.9 Å². The highest BCUT2D eigenvalue weighted by Crippen LogP contribution is 2.35. The van der Waals surface area contributed by atoms with E-state index in [0.29, 0.717) is 22.3 Å². The highest BCUT2D eigenvalue weighted by atomic mass is 19.1. The molecule has 0 radical (unpaired) electrons. The van der Waals surface area contributed by atoms with E-state index in [2.05, 4.69) is 20.3 Å². The predicted octanol–water partition coefficient (Wildman–Crippen LogP) is 1.23. The van der Waals surface area contributed by atoms with Crippen LogP contribution in [0.2, 0.25) is 0 Å². The number of phenolic OH excluding ortho intramolecular Hbond substituents is 2. The van der Waals surface area contributed by atoms with Gasteiger partial charge in [0.2, 0.25) is 0 Å². The first-order valence-corrected chi connectivity index (χ1v) is 11.5. The maximum Gasteiger partial charge on any atom is 0.255 e. The maximum atomic E-state index is 13.2. The maximum absolute atomic E-state index is 13.2. The third-order valence-corrected chi connectivity index (χ3v) is 6.15. The second-order valence-electron chi connectivity index (χ2n) is 8.59. The van der Waals surface area contributed by atoms with E-state index in [1.54, 1.807) is 0 Å². The predicted molar refractivity (Wildman–Crippen MR) is 132 cm³/mol. The Morgan fingerprint density at radius 1 is 1.11 bits per heavy atom. The molecule has 2 aromatic carbocycles. The molecule has 12 nitrogen and oxygen atoms in total. The number of ether oxygens (including phenoxy) is 1. The molecule has 5 rings (SSSR count). The number of carbonyl (C=O) groups is 1. The number of rotatable bonds is 6. The molecule has 7 N–H and O–H groups in total. The van der Waals surface area contributed by atoms with Crippen LogP contribution in [0.1, 0.15) is 16.6 Å². The van der Waals surface area contributed by atoms with Crippen LogP contribution in [-0.4, -0.2) is 70.7 Å². The number of hydrogen-bond donors (Lipinski definition) is 6. The molecular formula is C25H23FN6O6. The van der Waals surface area contributed by atoms with Crippen molar-refractivity contribution in [1.82, 2.24) is 24.8 Å². The SMILES string of the molecule is Nc1ncnc2c1ncn2C1OC(C=CCNC(=O)c2cc(-c3ccc(F)cc3)cc(O)c2O)C(O)C1O. The Balaban J connectivity index is 1.25. The summed E-state index contributed by atoms with van der Waals surface area (Å²) in [6.07, 6.45) is 1.12. The summed E-state index contributed by atoms with van der Waals surface area (Å²) in [6.45, 7) is -0.0229. The molecular weight excluding hydrogens is 499 g/mol. The van der Waals surface area contributed by atoms with Gasteiger partial charge in [-0.05, 0) is 35.4 Å². The zero-order valence-electron chi connectivity index (χ0n) is 19.6. The molecule has 1 fully saturated rings. The monoisotopic (exact) mass is 522 g/mol. The van der Waals surface area contributed by atoms with Gasteiger partial charge in [-0.1, -0.05) is 24.3 Å². The number of aliphatic hydroxyl groups excluding tert-OH is 2. The summed E-state index contributed by atoms with van der Waals surface area (Å²) in [5, 5.41) is 43.9. The van der Waals surface area contributed by atoms with Gasteiger partial charge in [0.15, 0.2) is 29.2 Å². The fraction of sp³-hybridized carbons (Fsp3) is 0.200. The molecule has 0 aliphatic carbocycles. The number of imidazole rings is 1. The first kappa shape index (κ1) is 25.1. The minimum atomic E-state index is -1.30. The lowest BCUT2D eigenvalue weighted by Crippen LogP contribution is -2.31. The number of anilines is 1. The lowest BCUT2D eigenvalue weighted by Gasteiger charge is -2.16. The van der Waals surface area contributed by atoms with Gasteiger partial charge in [-0.3, -0.25) is 9.36 Å². The minimum absolute atomic E-state index is 0.0229. The van der Waals surface area contributed by atoms with Crippen molar-refractivity contribution in [3.8, 4) is 22.6 Å². The van der Waals surface area contributed by atoms with E-state index in [9.17, 15) is 29.6 Å². The normalized spacial score (nSPS) is 21.3. The van der Waals surface area contributed by atoms with Crippen LogP contribution in [0.25, 0.3) is 22.3 Å². The van der Waals surface area contributed by atoms with Crippen molar-refractivity contribution in [1.29, 1.82) is 0 Å². The van der Waals surface area contributed by atoms with Gasteiger partial charge in [-0.2, -0.15) is 0 Å². The van der Waals surface area contributed by atoms with E-state index in [1.165, 1.54) is 65.8 Å². The van der Waals surface area contributed by atoms with Gasteiger partial charge in [0.05, 0.1) is 11.9 Å². The topological polar surface area (TPSA) is 189 Å². The molecule has 0 saturated carbocycles. The fourth-order valence-corrected chi connectivity index (χ4v) is 4.18. The summed E-state index contributed by atoms with van der Waals surface area (Å²) < 4.78 is 20.5. The van der Waals surface area contributed by atoms with Gasteiger partial charge < -0.3 is 36.2 Å². The van der Waals surface area contributed by atoms with Gasteiger partial charge in [0.1, 0.15) is 36.0 Å². The molecule has 4 unspecified atom stereocenters. The van der Waals surface area contributed by atoms with Crippen molar-refractivity contribution in [3.63, 3.8) is 0 Å². The molecule has 0 bridgehead atoms. The summed E-state index contributed by atoms with van der Waals surface area (Å²) in [5.41, 5.74) is 7.22. The van der Waals surface area contributed by atoms with E-state index in [1.807, 2.05) is 0 Å². The standard InChI is InChI=1S/C25H23FN6O6/c26-14-5-3-12(4-6-14)13-8-15(19(34)16(33)9-13)24(37)28-7-1-2-17-20(35)21(36)25(38-17)32-11-31-18-22(27)29-10-30-23(18)32/h1-6,8-11,17,20-21,25,33-36H,7H2,(H,28,37)(H2,27,29,30). The largest absolute Gasteiger partial charge is 0.504 e. The molecule has 38 heavy (non-hydrogen) atoms. The average Bonchev–Trinajstić information content (AvgIpc) is 3.45. The number of fused-ring (bicyclic) bond motifs is 1. The van der Waals surface area contributed by atoms with Crippen molar-refractivity contribution >= 4 is 22.9 Å². The first-order chi connectivity index (χ1) is 18.2. The van der Waals surface area contributed by atoms with Crippen LogP contribution in [0.5, 0.6) is 11.5 Å². The number of aliphatic hydroxyl groups is 2. The average molecular weight is 522 g/mol. The van der Waals surface area contributed by atoms with Crippen LogP contribution in [-0.2, 0) is 4.74 Å². The summed E-state index contributed by atoms with van der Waals surface area (Å²) in [7, 11) is 0. The lowest BCUT2D eigenvalue weighted by molar-refractivity contribution is -0.0245. The Morgan fingerprint density at radius 3 is 2.63 bits per heavy atom.